The number of aryl methyl sites for hydroxylation is 1. The molecule has 1 heterocycles. The molecule has 0 spiro atoms. The number of aromatic nitrogens is 1. The number of rotatable bonds is 4. The van der Waals surface area contributed by atoms with Gasteiger partial charge in [0.25, 0.3) is 5.91 Å². The van der Waals surface area contributed by atoms with E-state index < -0.39 is 0 Å². The Labute approximate surface area is 139 Å². The van der Waals surface area contributed by atoms with Gasteiger partial charge in [-0.25, -0.2) is 0 Å². The zero-order chi connectivity index (χ0) is 16.0. The Morgan fingerprint density at radius 1 is 1.17 bits per heavy atom. The molecule has 4 fully saturated rings. The molecule has 0 unspecified atom stereocenters. The number of hydrogen-bond acceptors (Lipinski definition) is 1. The van der Waals surface area contributed by atoms with E-state index in [1.807, 2.05) is 12.3 Å². The molecule has 1 amide bonds. The lowest BCUT2D eigenvalue weighted by Gasteiger charge is -2.56. The number of nitrogens with zero attached hydrogens (tertiary/aromatic N) is 1. The van der Waals surface area contributed by atoms with Crippen molar-refractivity contribution in [2.45, 2.75) is 58.9 Å². The Morgan fingerprint density at radius 3 is 2.39 bits per heavy atom. The van der Waals surface area contributed by atoms with E-state index in [9.17, 15) is 4.79 Å². The Bertz CT molecular complexity index is 587. The summed E-state index contributed by atoms with van der Waals surface area (Å²) in [5, 5.41) is 3.28. The average molecular weight is 313 g/mol. The molecule has 0 aromatic carbocycles. The minimum atomic E-state index is 0.166. The third-order valence-electron chi connectivity index (χ3n) is 6.75. The van der Waals surface area contributed by atoms with Gasteiger partial charge in [0, 0.05) is 25.1 Å². The van der Waals surface area contributed by atoms with Gasteiger partial charge in [-0.1, -0.05) is 0 Å². The van der Waals surface area contributed by atoms with Crippen LogP contribution < -0.4 is 9.88 Å². The zero-order valence-corrected chi connectivity index (χ0v) is 14.5. The van der Waals surface area contributed by atoms with Crippen molar-refractivity contribution in [3.05, 3.63) is 29.6 Å². The van der Waals surface area contributed by atoms with Gasteiger partial charge in [-0.15, -0.1) is 0 Å². The van der Waals surface area contributed by atoms with Crippen molar-refractivity contribution in [2.24, 2.45) is 23.2 Å². The van der Waals surface area contributed by atoms with Crippen LogP contribution in [-0.2, 0) is 11.3 Å². The summed E-state index contributed by atoms with van der Waals surface area (Å²) in [6.45, 7) is 5.53. The summed E-state index contributed by atoms with van der Waals surface area (Å²) in [4.78, 5) is 12.4. The largest absolute Gasteiger partial charge is 0.350 e. The molecule has 4 aliphatic rings. The van der Waals surface area contributed by atoms with E-state index in [-0.39, 0.29) is 5.91 Å². The van der Waals surface area contributed by atoms with Crippen molar-refractivity contribution in [3.63, 3.8) is 0 Å². The van der Waals surface area contributed by atoms with Crippen LogP contribution in [0, 0.1) is 37.0 Å². The highest BCUT2D eigenvalue weighted by Crippen LogP contribution is 2.59. The van der Waals surface area contributed by atoms with Crippen molar-refractivity contribution < 1.29 is 9.36 Å². The molecule has 23 heavy (non-hydrogen) atoms. The molecule has 1 aromatic rings. The minimum absolute atomic E-state index is 0.166. The highest BCUT2D eigenvalue weighted by molar-refractivity contribution is 5.74. The minimum Gasteiger partial charge on any atom is -0.350 e. The second-order valence-electron chi connectivity index (χ2n) is 8.60. The van der Waals surface area contributed by atoms with Crippen LogP contribution in [-0.4, -0.2) is 12.5 Å². The van der Waals surface area contributed by atoms with Crippen molar-refractivity contribution in [1.82, 2.24) is 5.32 Å². The molecule has 1 aromatic heterocycles. The highest BCUT2D eigenvalue weighted by atomic mass is 16.1. The van der Waals surface area contributed by atoms with E-state index in [1.54, 1.807) is 0 Å². The van der Waals surface area contributed by atoms with Gasteiger partial charge in [-0.05, 0) is 74.7 Å². The molecule has 1 N–H and O–H groups in total. The van der Waals surface area contributed by atoms with Crippen LogP contribution in [0.25, 0.3) is 0 Å². The Morgan fingerprint density at radius 2 is 1.78 bits per heavy atom. The summed E-state index contributed by atoms with van der Waals surface area (Å²) >= 11 is 0. The fourth-order valence-electron chi connectivity index (χ4n) is 5.92. The zero-order valence-electron chi connectivity index (χ0n) is 14.5. The molecular weight excluding hydrogens is 284 g/mol. The lowest BCUT2D eigenvalue weighted by Crippen LogP contribution is -2.53. The average Bonchev–Trinajstić information content (AvgIpc) is 2.49. The summed E-state index contributed by atoms with van der Waals surface area (Å²) < 4.78 is 2.06. The fraction of sp³-hybridized carbons (Fsp3) is 0.700. The van der Waals surface area contributed by atoms with Crippen molar-refractivity contribution in [1.29, 1.82) is 0 Å². The quantitative estimate of drug-likeness (QED) is 0.852. The van der Waals surface area contributed by atoms with Gasteiger partial charge < -0.3 is 5.32 Å². The van der Waals surface area contributed by atoms with E-state index >= 15 is 0 Å². The van der Waals surface area contributed by atoms with Crippen LogP contribution in [0.3, 0.4) is 0 Å². The van der Waals surface area contributed by atoms with Crippen LogP contribution in [0.15, 0.2) is 18.3 Å². The monoisotopic (exact) mass is 313 g/mol. The van der Waals surface area contributed by atoms with E-state index in [1.165, 1.54) is 49.8 Å². The number of hydrogen-bond donors (Lipinski definition) is 1. The van der Waals surface area contributed by atoms with Crippen molar-refractivity contribution in [2.75, 3.05) is 6.54 Å². The summed E-state index contributed by atoms with van der Waals surface area (Å²) in [5.41, 5.74) is 2.84. The first-order valence-electron chi connectivity index (χ1n) is 9.25. The molecule has 3 nitrogen and oxygen atoms in total. The Balaban J connectivity index is 1.37. The fourth-order valence-corrected chi connectivity index (χ4v) is 5.92. The predicted molar refractivity (Wildman–Crippen MR) is 89.7 cm³/mol. The smallest absolute Gasteiger partial charge is 0.286 e. The maximum absolute atomic E-state index is 12.4. The molecule has 4 bridgehead atoms. The molecule has 0 aliphatic heterocycles. The highest BCUT2D eigenvalue weighted by Gasteiger charge is 2.50. The number of carbonyl (C=O) groups excluding carboxylic acids is 1. The first kappa shape index (κ1) is 15.2. The molecule has 3 heteroatoms. The normalized spacial score (nSPS) is 34.6. The molecule has 0 atom stereocenters. The molecule has 5 rings (SSSR count). The van der Waals surface area contributed by atoms with Crippen LogP contribution in [0.2, 0.25) is 0 Å². The van der Waals surface area contributed by atoms with Gasteiger partial charge in [0.2, 0.25) is 6.54 Å². The summed E-state index contributed by atoms with van der Waals surface area (Å²) in [6.07, 6.45) is 10.5. The summed E-state index contributed by atoms with van der Waals surface area (Å²) in [7, 11) is 0. The number of pyridine rings is 1. The van der Waals surface area contributed by atoms with Gasteiger partial charge >= 0.3 is 0 Å². The lowest BCUT2D eigenvalue weighted by atomic mass is 9.49. The Hall–Kier alpha value is -1.38. The SMILES string of the molecule is Cc1ccc[n+](CC(=O)NCC23CC4CC(CC(C4)C2)C3)c1C. The molecule has 0 radical (unpaired) electrons. The second-order valence-corrected chi connectivity index (χ2v) is 8.60. The van der Waals surface area contributed by atoms with E-state index in [0.717, 1.165) is 24.3 Å². The van der Waals surface area contributed by atoms with Gasteiger partial charge in [0.1, 0.15) is 0 Å². The van der Waals surface area contributed by atoms with Crippen LogP contribution in [0.4, 0.5) is 0 Å². The van der Waals surface area contributed by atoms with Crippen LogP contribution in [0.5, 0.6) is 0 Å². The third kappa shape index (κ3) is 2.90. The lowest BCUT2D eigenvalue weighted by molar-refractivity contribution is -0.690. The van der Waals surface area contributed by atoms with Crippen LogP contribution >= 0.6 is 0 Å². The van der Waals surface area contributed by atoms with Crippen molar-refractivity contribution in [3.8, 4) is 0 Å². The number of amides is 1. The first-order chi connectivity index (χ1) is 11.0. The molecular formula is C20H29N2O+. The van der Waals surface area contributed by atoms with Crippen LogP contribution in [0.1, 0.15) is 49.8 Å². The third-order valence-corrected chi connectivity index (χ3v) is 6.75. The second kappa shape index (κ2) is 5.61. The molecule has 4 saturated carbocycles. The number of nitrogens with one attached hydrogen (secondary N) is 1. The first-order valence-corrected chi connectivity index (χ1v) is 9.25. The molecule has 4 aliphatic carbocycles. The van der Waals surface area contributed by atoms with Gasteiger partial charge in [-0.2, -0.15) is 4.57 Å². The molecule has 0 saturated heterocycles. The molecule has 124 valence electrons. The van der Waals surface area contributed by atoms with Gasteiger partial charge in [0.15, 0.2) is 11.9 Å². The van der Waals surface area contributed by atoms with E-state index in [0.29, 0.717) is 12.0 Å². The summed E-state index contributed by atoms with van der Waals surface area (Å²) in [6, 6.07) is 4.12. The van der Waals surface area contributed by atoms with Gasteiger partial charge in [0.05, 0.1) is 0 Å². The van der Waals surface area contributed by atoms with E-state index in [4.69, 9.17) is 0 Å². The predicted octanol–water partition coefficient (Wildman–Crippen LogP) is 2.92. The van der Waals surface area contributed by atoms with Gasteiger partial charge in [-0.3, -0.25) is 4.79 Å². The maximum Gasteiger partial charge on any atom is 0.286 e. The van der Waals surface area contributed by atoms with E-state index in [2.05, 4.69) is 29.8 Å². The Kier molecular flexibility index (Phi) is 3.70. The topological polar surface area (TPSA) is 33.0 Å². The standard InChI is InChI=1S/C20H28N2O/c1-14-4-3-5-22(15(14)2)12-19(23)21-13-20-9-16-6-17(10-20)8-18(7-16)11-20/h3-5,16-18H,6-13H2,1-2H3/p+1. The summed E-state index contributed by atoms with van der Waals surface area (Å²) in [5.74, 6) is 3.02. The maximum atomic E-state index is 12.4. The van der Waals surface area contributed by atoms with Crippen molar-refractivity contribution >= 4 is 5.91 Å². The number of carbonyl (C=O) groups is 1.